The Labute approximate surface area is 124 Å². The molecule has 0 unspecified atom stereocenters. The number of nitrogens with zero attached hydrogens (tertiary/aromatic N) is 4. The predicted octanol–water partition coefficient (Wildman–Crippen LogP) is 3.22. The molecule has 20 heavy (non-hydrogen) atoms. The number of rotatable bonds is 3. The smallest absolute Gasteiger partial charge is 0.145 e. The summed E-state index contributed by atoms with van der Waals surface area (Å²) >= 11 is 7.34. The van der Waals surface area contributed by atoms with E-state index in [0.717, 1.165) is 34.0 Å². The van der Waals surface area contributed by atoms with Crippen LogP contribution in [0.3, 0.4) is 0 Å². The lowest BCUT2D eigenvalue weighted by atomic mass is 10.2. The van der Waals surface area contributed by atoms with Crippen LogP contribution in [0.15, 0.2) is 30.5 Å². The molecule has 0 bridgehead atoms. The maximum absolute atomic E-state index is 9.02. The van der Waals surface area contributed by atoms with Crippen molar-refractivity contribution in [2.75, 3.05) is 5.32 Å². The third-order valence-corrected chi connectivity index (χ3v) is 3.69. The molecule has 0 saturated heterocycles. The number of nitriles is 1. The molecule has 0 saturated carbocycles. The third kappa shape index (κ3) is 2.29. The van der Waals surface area contributed by atoms with Crippen molar-refractivity contribution >= 4 is 40.0 Å². The van der Waals surface area contributed by atoms with Crippen molar-refractivity contribution in [2.45, 2.75) is 6.54 Å². The molecule has 3 rings (SSSR count). The van der Waals surface area contributed by atoms with E-state index in [1.807, 2.05) is 12.1 Å². The molecule has 0 aliphatic heterocycles. The molecule has 0 amide bonds. The van der Waals surface area contributed by atoms with E-state index in [1.165, 1.54) is 0 Å². The summed E-state index contributed by atoms with van der Waals surface area (Å²) < 4.78 is 8.41. The number of nitrogens with one attached hydrogen (secondary N) is 1. The van der Waals surface area contributed by atoms with Crippen LogP contribution < -0.4 is 5.32 Å². The zero-order valence-corrected chi connectivity index (χ0v) is 11.7. The van der Waals surface area contributed by atoms with Gasteiger partial charge in [-0.3, -0.25) is 0 Å². The van der Waals surface area contributed by atoms with Gasteiger partial charge in [0.1, 0.15) is 22.8 Å². The van der Waals surface area contributed by atoms with Crippen LogP contribution in [0.25, 0.3) is 11.0 Å². The maximum Gasteiger partial charge on any atom is 0.145 e. The molecule has 3 aromatic rings. The van der Waals surface area contributed by atoms with Crippen LogP contribution >= 0.6 is 23.3 Å². The van der Waals surface area contributed by atoms with Crippen molar-refractivity contribution in [3.05, 3.63) is 46.7 Å². The normalized spacial score (nSPS) is 10.4. The number of hydrogen-bond donors (Lipinski definition) is 1. The molecular formula is C13H8ClN5S. The van der Waals surface area contributed by atoms with E-state index in [0.29, 0.717) is 17.3 Å². The standard InChI is InChI=1S/C13H8ClN5S/c14-9-3-4-10-13(19-20-18-10)12(9)17-7-8-2-1-5-16-11(8)6-15/h1-5,17H,7H2. The van der Waals surface area contributed by atoms with Gasteiger partial charge in [-0.2, -0.15) is 14.0 Å². The molecule has 0 atom stereocenters. The lowest BCUT2D eigenvalue weighted by Gasteiger charge is -2.09. The Morgan fingerprint density at radius 3 is 3.05 bits per heavy atom. The van der Waals surface area contributed by atoms with Crippen LogP contribution in [0, 0.1) is 11.3 Å². The summed E-state index contributed by atoms with van der Waals surface area (Å²) in [5, 5.41) is 12.8. The van der Waals surface area contributed by atoms with Crippen LogP contribution in [-0.2, 0) is 6.54 Å². The first-order chi connectivity index (χ1) is 9.79. The van der Waals surface area contributed by atoms with E-state index in [2.05, 4.69) is 25.1 Å². The first-order valence-corrected chi connectivity index (χ1v) is 6.89. The fourth-order valence-electron chi connectivity index (χ4n) is 1.86. The lowest BCUT2D eigenvalue weighted by molar-refractivity contribution is 1.09. The van der Waals surface area contributed by atoms with Crippen molar-refractivity contribution in [3.8, 4) is 6.07 Å². The van der Waals surface area contributed by atoms with Crippen LogP contribution in [0.2, 0.25) is 5.02 Å². The van der Waals surface area contributed by atoms with Crippen molar-refractivity contribution in [2.24, 2.45) is 0 Å². The Kier molecular flexibility index (Phi) is 3.46. The van der Waals surface area contributed by atoms with E-state index in [4.69, 9.17) is 16.9 Å². The summed E-state index contributed by atoms with van der Waals surface area (Å²) in [7, 11) is 0. The quantitative estimate of drug-likeness (QED) is 0.804. The van der Waals surface area contributed by atoms with Crippen LogP contribution in [0.4, 0.5) is 5.69 Å². The highest BCUT2D eigenvalue weighted by molar-refractivity contribution is 7.00. The summed E-state index contributed by atoms with van der Waals surface area (Å²) in [6.07, 6.45) is 1.60. The van der Waals surface area contributed by atoms with Gasteiger partial charge in [0.25, 0.3) is 0 Å². The van der Waals surface area contributed by atoms with E-state index in [1.54, 1.807) is 18.3 Å². The predicted molar refractivity (Wildman–Crippen MR) is 78.7 cm³/mol. The highest BCUT2D eigenvalue weighted by Crippen LogP contribution is 2.30. The third-order valence-electron chi connectivity index (χ3n) is 2.83. The minimum Gasteiger partial charge on any atom is -0.378 e. The van der Waals surface area contributed by atoms with Crippen LogP contribution in [0.5, 0.6) is 0 Å². The van der Waals surface area contributed by atoms with Gasteiger partial charge in [0.2, 0.25) is 0 Å². The van der Waals surface area contributed by atoms with Gasteiger partial charge >= 0.3 is 0 Å². The van der Waals surface area contributed by atoms with E-state index < -0.39 is 0 Å². The lowest BCUT2D eigenvalue weighted by Crippen LogP contribution is -2.03. The van der Waals surface area contributed by atoms with Gasteiger partial charge in [0.05, 0.1) is 22.4 Å². The molecule has 0 radical (unpaired) electrons. The van der Waals surface area contributed by atoms with Crippen LogP contribution in [-0.4, -0.2) is 13.7 Å². The van der Waals surface area contributed by atoms with Crippen molar-refractivity contribution in [1.82, 2.24) is 13.7 Å². The van der Waals surface area contributed by atoms with E-state index >= 15 is 0 Å². The summed E-state index contributed by atoms with van der Waals surface area (Å²) in [6.45, 7) is 0.451. The van der Waals surface area contributed by atoms with Gasteiger partial charge in [-0.05, 0) is 18.2 Å². The Morgan fingerprint density at radius 1 is 1.30 bits per heavy atom. The van der Waals surface area contributed by atoms with Crippen molar-refractivity contribution < 1.29 is 0 Å². The summed E-state index contributed by atoms with van der Waals surface area (Å²) in [5.41, 5.74) is 3.48. The van der Waals surface area contributed by atoms with Crippen LogP contribution in [0.1, 0.15) is 11.3 Å². The zero-order valence-electron chi connectivity index (χ0n) is 10.2. The zero-order chi connectivity index (χ0) is 13.9. The number of benzene rings is 1. The number of fused-ring (bicyclic) bond motifs is 1. The first kappa shape index (κ1) is 12.8. The van der Waals surface area contributed by atoms with Gasteiger partial charge in [0, 0.05) is 18.3 Å². The fourth-order valence-corrected chi connectivity index (χ4v) is 2.62. The topological polar surface area (TPSA) is 74.5 Å². The molecule has 1 aromatic carbocycles. The van der Waals surface area contributed by atoms with E-state index in [-0.39, 0.29) is 0 Å². The molecule has 0 fully saturated rings. The molecular weight excluding hydrogens is 294 g/mol. The second-order valence-electron chi connectivity index (χ2n) is 4.03. The average Bonchev–Trinajstić information content (AvgIpc) is 2.95. The maximum atomic E-state index is 9.02. The summed E-state index contributed by atoms with van der Waals surface area (Å²) in [5.74, 6) is 0. The van der Waals surface area contributed by atoms with Crippen molar-refractivity contribution in [1.29, 1.82) is 5.26 Å². The number of pyridine rings is 1. The molecule has 2 heterocycles. The molecule has 0 aliphatic carbocycles. The second-order valence-corrected chi connectivity index (χ2v) is 4.97. The number of hydrogen-bond acceptors (Lipinski definition) is 6. The molecule has 5 nitrogen and oxygen atoms in total. The number of anilines is 1. The average molecular weight is 302 g/mol. The van der Waals surface area contributed by atoms with Gasteiger partial charge in [-0.1, -0.05) is 17.7 Å². The minimum absolute atomic E-state index is 0.403. The van der Waals surface area contributed by atoms with Crippen molar-refractivity contribution in [3.63, 3.8) is 0 Å². The Hall–Kier alpha value is -2.23. The Balaban J connectivity index is 1.93. The highest BCUT2D eigenvalue weighted by Gasteiger charge is 2.10. The SMILES string of the molecule is N#Cc1ncccc1CNc1c(Cl)ccc2nsnc12. The second kappa shape index (κ2) is 5.41. The monoisotopic (exact) mass is 301 g/mol. The summed E-state index contributed by atoms with van der Waals surface area (Å²) in [4.78, 5) is 4.02. The fraction of sp³-hybridized carbons (Fsp3) is 0.0769. The van der Waals surface area contributed by atoms with Gasteiger partial charge in [0.15, 0.2) is 0 Å². The number of halogens is 1. The highest BCUT2D eigenvalue weighted by atomic mass is 35.5. The van der Waals surface area contributed by atoms with Gasteiger partial charge < -0.3 is 5.32 Å². The summed E-state index contributed by atoms with van der Waals surface area (Å²) in [6, 6.07) is 9.33. The largest absolute Gasteiger partial charge is 0.378 e. The molecule has 7 heteroatoms. The van der Waals surface area contributed by atoms with E-state index in [9.17, 15) is 0 Å². The molecule has 1 N–H and O–H groups in total. The minimum atomic E-state index is 0.403. The molecule has 0 aliphatic rings. The Morgan fingerprint density at radius 2 is 2.20 bits per heavy atom. The Bertz CT molecular complexity index is 808. The van der Waals surface area contributed by atoms with Gasteiger partial charge in [-0.25, -0.2) is 4.98 Å². The van der Waals surface area contributed by atoms with Gasteiger partial charge in [-0.15, -0.1) is 0 Å². The number of aromatic nitrogens is 3. The molecule has 2 aromatic heterocycles. The first-order valence-electron chi connectivity index (χ1n) is 5.78. The molecule has 0 spiro atoms. The molecule has 98 valence electrons.